The van der Waals surface area contributed by atoms with E-state index in [4.69, 9.17) is 4.74 Å². The maximum Gasteiger partial charge on any atom is 0.252 e. The van der Waals surface area contributed by atoms with Gasteiger partial charge in [-0.3, -0.25) is 4.79 Å². The van der Waals surface area contributed by atoms with Gasteiger partial charge in [0.25, 0.3) is 11.8 Å². The molecule has 0 radical (unpaired) electrons. The zero-order valence-corrected chi connectivity index (χ0v) is 12.7. The molecule has 20 heavy (non-hydrogen) atoms. The van der Waals surface area contributed by atoms with Crippen LogP contribution in [0.2, 0.25) is 0 Å². The summed E-state index contributed by atoms with van der Waals surface area (Å²) in [5.74, 6) is -3.27. The average molecular weight is 348 g/mol. The van der Waals surface area contributed by atoms with Gasteiger partial charge in [-0.1, -0.05) is 0 Å². The Hall–Kier alpha value is -1.17. The van der Waals surface area contributed by atoms with Gasteiger partial charge in [0.2, 0.25) is 0 Å². The van der Waals surface area contributed by atoms with E-state index in [1.807, 2.05) is 0 Å². The van der Waals surface area contributed by atoms with E-state index in [1.165, 1.54) is 7.11 Å². The monoisotopic (exact) mass is 347 g/mol. The third-order valence-electron chi connectivity index (χ3n) is 3.59. The first-order chi connectivity index (χ1) is 9.44. The number of halogens is 3. The molecule has 3 nitrogen and oxygen atoms in total. The van der Waals surface area contributed by atoms with Gasteiger partial charge in [0.15, 0.2) is 0 Å². The van der Waals surface area contributed by atoms with E-state index >= 15 is 0 Å². The second kappa shape index (κ2) is 6.08. The first kappa shape index (κ1) is 15.2. The number of methoxy groups -OCH3 is 1. The summed E-state index contributed by atoms with van der Waals surface area (Å²) in [6.07, 6.45) is 0.874. The summed E-state index contributed by atoms with van der Waals surface area (Å²) in [7, 11) is 1.50. The zero-order chi connectivity index (χ0) is 14.8. The summed E-state index contributed by atoms with van der Waals surface area (Å²) in [5.41, 5.74) is 0.380. The Morgan fingerprint density at radius 1 is 1.55 bits per heavy atom. The van der Waals surface area contributed by atoms with E-state index in [0.29, 0.717) is 28.6 Å². The summed E-state index contributed by atoms with van der Waals surface area (Å²) in [6, 6.07) is 4.98. The van der Waals surface area contributed by atoms with Crippen LogP contribution in [0.5, 0.6) is 5.75 Å². The van der Waals surface area contributed by atoms with Gasteiger partial charge in [-0.25, -0.2) is 8.78 Å². The van der Waals surface area contributed by atoms with E-state index in [-0.39, 0.29) is 18.9 Å². The molecule has 1 aliphatic rings. The van der Waals surface area contributed by atoms with Gasteiger partial charge >= 0.3 is 0 Å². The second-order valence-electron chi connectivity index (χ2n) is 4.91. The fourth-order valence-corrected chi connectivity index (χ4v) is 2.79. The minimum Gasteiger partial charge on any atom is -0.497 e. The minimum atomic E-state index is -2.67. The van der Waals surface area contributed by atoms with Crippen molar-refractivity contribution in [3.05, 3.63) is 28.2 Å². The van der Waals surface area contributed by atoms with Crippen LogP contribution in [0, 0.1) is 5.92 Å². The molecule has 0 spiro atoms. The molecule has 0 aliphatic heterocycles. The van der Waals surface area contributed by atoms with Crippen LogP contribution in [0.1, 0.15) is 29.6 Å². The van der Waals surface area contributed by atoms with Gasteiger partial charge in [0, 0.05) is 23.4 Å². The molecule has 1 fully saturated rings. The number of hydrogen-bond donors (Lipinski definition) is 1. The van der Waals surface area contributed by atoms with Gasteiger partial charge in [-0.15, -0.1) is 0 Å². The quantitative estimate of drug-likeness (QED) is 0.903. The molecule has 0 aromatic heterocycles. The van der Waals surface area contributed by atoms with E-state index in [2.05, 4.69) is 21.2 Å². The molecular formula is C14H16BrF2NO2. The SMILES string of the molecule is COc1ccc(Br)c(C(=O)NC[C@@H]2CCCC2(F)F)c1. The lowest BCUT2D eigenvalue weighted by Gasteiger charge is -2.19. The predicted molar refractivity (Wildman–Crippen MR) is 75.3 cm³/mol. The molecule has 2 rings (SSSR count). The second-order valence-corrected chi connectivity index (χ2v) is 5.76. The topological polar surface area (TPSA) is 38.3 Å². The Morgan fingerprint density at radius 3 is 2.90 bits per heavy atom. The van der Waals surface area contributed by atoms with E-state index in [0.717, 1.165) is 0 Å². The first-order valence-electron chi connectivity index (χ1n) is 6.43. The molecule has 0 heterocycles. The van der Waals surface area contributed by atoms with Gasteiger partial charge in [0.05, 0.1) is 12.7 Å². The van der Waals surface area contributed by atoms with Crippen LogP contribution < -0.4 is 10.1 Å². The molecular weight excluding hydrogens is 332 g/mol. The fourth-order valence-electron chi connectivity index (χ4n) is 2.37. The Bertz CT molecular complexity index is 508. The van der Waals surface area contributed by atoms with Gasteiger partial charge in [-0.05, 0) is 47.0 Å². The summed E-state index contributed by atoms with van der Waals surface area (Å²) >= 11 is 3.27. The number of amides is 1. The molecule has 110 valence electrons. The van der Waals surface area contributed by atoms with Crippen molar-refractivity contribution in [1.82, 2.24) is 5.32 Å². The third kappa shape index (κ3) is 3.29. The highest BCUT2D eigenvalue weighted by molar-refractivity contribution is 9.10. The maximum atomic E-state index is 13.5. The first-order valence-corrected chi connectivity index (χ1v) is 7.23. The van der Waals surface area contributed by atoms with Crippen molar-refractivity contribution in [3.63, 3.8) is 0 Å². The number of nitrogens with one attached hydrogen (secondary N) is 1. The van der Waals surface area contributed by atoms with Crippen LogP contribution in [0.4, 0.5) is 8.78 Å². The molecule has 1 aromatic rings. The van der Waals surface area contributed by atoms with Crippen LogP contribution in [0.15, 0.2) is 22.7 Å². The summed E-state index contributed by atoms with van der Waals surface area (Å²) in [5, 5.41) is 2.58. The van der Waals surface area contributed by atoms with E-state index in [9.17, 15) is 13.6 Å². The van der Waals surface area contributed by atoms with Gasteiger partial charge < -0.3 is 10.1 Å². The highest BCUT2D eigenvalue weighted by atomic mass is 79.9. The number of hydrogen-bond acceptors (Lipinski definition) is 2. The lowest BCUT2D eigenvalue weighted by molar-refractivity contribution is -0.0352. The van der Waals surface area contributed by atoms with Crippen LogP contribution >= 0.6 is 15.9 Å². The van der Waals surface area contributed by atoms with E-state index in [1.54, 1.807) is 18.2 Å². The largest absolute Gasteiger partial charge is 0.497 e. The Morgan fingerprint density at radius 2 is 2.30 bits per heavy atom. The molecule has 6 heteroatoms. The smallest absolute Gasteiger partial charge is 0.252 e. The highest BCUT2D eigenvalue weighted by Gasteiger charge is 2.43. The lowest BCUT2D eigenvalue weighted by Crippen LogP contribution is -2.35. The third-order valence-corrected chi connectivity index (χ3v) is 4.28. The molecule has 1 saturated carbocycles. The molecule has 0 saturated heterocycles. The molecule has 1 N–H and O–H groups in total. The molecule has 0 unspecified atom stereocenters. The number of alkyl halides is 2. The number of ether oxygens (including phenoxy) is 1. The van der Waals surface area contributed by atoms with Crippen molar-refractivity contribution in [1.29, 1.82) is 0 Å². The molecule has 1 atom stereocenters. The number of carbonyl (C=O) groups excluding carboxylic acids is 1. The van der Waals surface area contributed by atoms with Crippen LogP contribution in [-0.2, 0) is 0 Å². The Kier molecular flexibility index (Phi) is 4.62. The summed E-state index contributed by atoms with van der Waals surface area (Å²) in [6.45, 7) is -0.00448. The summed E-state index contributed by atoms with van der Waals surface area (Å²) < 4.78 is 32.6. The Balaban J connectivity index is 2.02. The average Bonchev–Trinajstić information content (AvgIpc) is 2.75. The van der Waals surface area contributed by atoms with Crippen molar-refractivity contribution in [2.24, 2.45) is 5.92 Å². The van der Waals surface area contributed by atoms with Gasteiger partial charge in [-0.2, -0.15) is 0 Å². The summed E-state index contributed by atoms with van der Waals surface area (Å²) in [4.78, 5) is 12.1. The van der Waals surface area contributed by atoms with Crippen LogP contribution in [-0.4, -0.2) is 25.5 Å². The van der Waals surface area contributed by atoms with Crippen molar-refractivity contribution in [2.45, 2.75) is 25.2 Å². The fraction of sp³-hybridized carbons (Fsp3) is 0.500. The highest BCUT2D eigenvalue weighted by Crippen LogP contribution is 2.39. The van der Waals surface area contributed by atoms with Crippen molar-refractivity contribution in [3.8, 4) is 5.75 Å². The number of rotatable bonds is 4. The van der Waals surface area contributed by atoms with Crippen LogP contribution in [0.3, 0.4) is 0 Å². The maximum absolute atomic E-state index is 13.5. The van der Waals surface area contributed by atoms with Gasteiger partial charge in [0.1, 0.15) is 5.75 Å². The molecule has 1 aliphatic carbocycles. The van der Waals surface area contributed by atoms with Crippen molar-refractivity contribution < 1.29 is 18.3 Å². The van der Waals surface area contributed by atoms with Crippen LogP contribution in [0.25, 0.3) is 0 Å². The standard InChI is InChI=1S/C14H16BrF2NO2/c1-20-10-4-5-12(15)11(7-10)13(19)18-8-9-3-2-6-14(9,16)17/h4-5,7,9H,2-3,6,8H2,1H3,(H,18,19)/t9-/m0/s1. The van der Waals surface area contributed by atoms with E-state index < -0.39 is 11.8 Å². The molecule has 1 aromatic carbocycles. The number of benzene rings is 1. The molecule has 1 amide bonds. The minimum absolute atomic E-state index is 0.00448. The lowest BCUT2D eigenvalue weighted by atomic mass is 10.1. The number of carbonyl (C=O) groups is 1. The van der Waals surface area contributed by atoms with Crippen molar-refractivity contribution in [2.75, 3.05) is 13.7 Å². The zero-order valence-electron chi connectivity index (χ0n) is 11.1. The van der Waals surface area contributed by atoms with Crippen molar-refractivity contribution >= 4 is 21.8 Å². The predicted octanol–water partition coefficient (Wildman–Crippen LogP) is 3.62. The normalized spacial score (nSPS) is 20.7. The molecule has 0 bridgehead atoms. The Labute approximate surface area is 124 Å².